The maximum absolute atomic E-state index is 14.6. The molecular formula is C54H77N7O11S2. The van der Waals surface area contributed by atoms with E-state index in [1.165, 1.54) is 40.2 Å². The van der Waals surface area contributed by atoms with E-state index in [1.54, 1.807) is 44.2 Å². The Labute approximate surface area is 443 Å². The van der Waals surface area contributed by atoms with Crippen molar-refractivity contribution in [2.45, 2.75) is 178 Å². The third kappa shape index (κ3) is 17.3. The number of nitrogens with zero attached hydrogens (tertiary/aromatic N) is 2. The number of nitrogens with one attached hydrogen (secondary N) is 5. The van der Waals surface area contributed by atoms with Gasteiger partial charge in [0.1, 0.15) is 36.3 Å². The second-order valence-corrected chi connectivity index (χ2v) is 22.4. The molecule has 74 heavy (non-hydrogen) atoms. The molecule has 0 unspecified atom stereocenters. The van der Waals surface area contributed by atoms with E-state index in [0.717, 1.165) is 29.5 Å². The van der Waals surface area contributed by atoms with Crippen LogP contribution in [0.5, 0.6) is 0 Å². The van der Waals surface area contributed by atoms with Gasteiger partial charge in [0.05, 0.1) is 12.1 Å². The molecule has 2 bridgehead atoms. The summed E-state index contributed by atoms with van der Waals surface area (Å²) in [6, 6.07) is 6.71. The number of rotatable bonds is 14. The summed E-state index contributed by atoms with van der Waals surface area (Å²) in [5.74, 6) is -4.87. The highest BCUT2D eigenvalue weighted by molar-refractivity contribution is 7.98. The molecule has 3 aliphatic rings. The Kier molecular flexibility index (Phi) is 23.3. The normalized spacial score (nSPS) is 24.7. The van der Waals surface area contributed by atoms with Crippen molar-refractivity contribution in [1.82, 2.24) is 36.4 Å². The number of fused-ring (bicyclic) bond motifs is 4. The third-order valence-electron chi connectivity index (χ3n) is 13.6. The number of hydrogen-bond donors (Lipinski definition) is 7. The number of aliphatic hydroxyl groups excluding tert-OH is 1. The van der Waals surface area contributed by atoms with Crippen molar-refractivity contribution in [2.75, 3.05) is 24.6 Å². The molecule has 0 saturated carbocycles. The van der Waals surface area contributed by atoms with E-state index >= 15 is 0 Å². The zero-order valence-electron chi connectivity index (χ0n) is 43.7. The Balaban J connectivity index is 1.53. The van der Waals surface area contributed by atoms with Crippen molar-refractivity contribution in [3.05, 3.63) is 70.8 Å². The molecule has 20 heteroatoms. The number of aliphatic carboxylic acids is 1. The third-order valence-corrected chi connectivity index (χ3v) is 15.8. The average Bonchev–Trinajstić information content (AvgIpc) is 4.07. The second-order valence-electron chi connectivity index (χ2n) is 20.3. The molecule has 0 aromatic heterocycles. The first-order chi connectivity index (χ1) is 35.3. The molecule has 0 aliphatic carbocycles. The fraction of sp³-hybridized carbons (Fsp3) is 0.611. The number of carboxylic acid groups (broad SMARTS) is 1. The predicted octanol–water partition coefficient (Wildman–Crippen LogP) is 3.99. The van der Waals surface area contributed by atoms with Gasteiger partial charge in [-0.15, -0.1) is 0 Å². The first kappa shape index (κ1) is 59.4. The maximum atomic E-state index is 14.6. The Morgan fingerprint density at radius 1 is 0.716 bits per heavy atom. The number of unbranched alkanes of at least 4 members (excludes halogenated alkanes) is 2. The zero-order valence-corrected chi connectivity index (χ0v) is 45.3. The lowest BCUT2D eigenvalue weighted by atomic mass is 9.99. The lowest BCUT2D eigenvalue weighted by molar-refractivity contribution is -0.148. The van der Waals surface area contributed by atoms with Crippen LogP contribution < -0.4 is 26.6 Å². The van der Waals surface area contributed by atoms with Gasteiger partial charge in [0.25, 0.3) is 0 Å². The maximum Gasteiger partial charge on any atom is 0.303 e. The number of amides is 7. The summed E-state index contributed by atoms with van der Waals surface area (Å²) in [5.41, 5.74) is 3.73. The van der Waals surface area contributed by atoms with Crippen molar-refractivity contribution < 1.29 is 53.4 Å². The molecule has 0 spiro atoms. The van der Waals surface area contributed by atoms with Gasteiger partial charge >= 0.3 is 5.97 Å². The summed E-state index contributed by atoms with van der Waals surface area (Å²) < 4.78 is 0. The summed E-state index contributed by atoms with van der Waals surface area (Å²) in [4.78, 5) is 128. The van der Waals surface area contributed by atoms with E-state index in [1.807, 2.05) is 6.92 Å². The molecule has 0 radical (unpaired) electrons. The van der Waals surface area contributed by atoms with Gasteiger partial charge in [-0.25, -0.2) is 0 Å². The number of carboxylic acids is 1. The number of ketones is 1. The van der Waals surface area contributed by atoms with Crippen LogP contribution in [0.2, 0.25) is 0 Å². The van der Waals surface area contributed by atoms with Gasteiger partial charge < -0.3 is 46.6 Å². The van der Waals surface area contributed by atoms with E-state index in [-0.39, 0.29) is 61.5 Å². The number of hydrogen-bond acceptors (Lipinski definition) is 12. The minimum Gasteiger partial charge on any atom is -0.481 e. The van der Waals surface area contributed by atoms with Gasteiger partial charge in [-0.05, 0) is 73.6 Å². The fourth-order valence-corrected chi connectivity index (χ4v) is 11.5. The van der Waals surface area contributed by atoms with Gasteiger partial charge in [-0.3, -0.25) is 43.2 Å². The molecule has 3 aliphatic heterocycles. The summed E-state index contributed by atoms with van der Waals surface area (Å²) in [6.45, 7) is 11.4. The molecule has 7 amide bonds. The number of Topliss-reactive ketones (excluding diaryl/α,β-unsaturated/α-hetero) is 1. The Morgan fingerprint density at radius 2 is 1.32 bits per heavy atom. The second kappa shape index (κ2) is 29.0. The summed E-state index contributed by atoms with van der Waals surface area (Å²) in [6.07, 6.45) is 1.61. The van der Waals surface area contributed by atoms with Crippen LogP contribution in [0.25, 0.3) is 0 Å². The summed E-state index contributed by atoms with van der Waals surface area (Å²) in [5, 5.41) is 34.2. The number of thioether (sulfide) groups is 2. The van der Waals surface area contributed by atoms with Crippen LogP contribution in [0.4, 0.5) is 0 Å². The number of benzene rings is 2. The highest BCUT2D eigenvalue weighted by Crippen LogP contribution is 2.29. The molecule has 8 atom stereocenters. The highest BCUT2D eigenvalue weighted by atomic mass is 32.2. The molecule has 2 saturated heterocycles. The monoisotopic (exact) mass is 1060 g/mol. The van der Waals surface area contributed by atoms with E-state index in [2.05, 4.69) is 58.6 Å². The highest BCUT2D eigenvalue weighted by Gasteiger charge is 2.45. The molecule has 18 nitrogen and oxygen atoms in total. The van der Waals surface area contributed by atoms with Crippen LogP contribution in [0, 0.1) is 5.92 Å². The smallest absolute Gasteiger partial charge is 0.303 e. The van der Waals surface area contributed by atoms with Gasteiger partial charge in [-0.1, -0.05) is 96.0 Å². The number of carbonyl (C=O) groups is 9. The minimum absolute atomic E-state index is 0.0294. The predicted molar refractivity (Wildman–Crippen MR) is 285 cm³/mol. The van der Waals surface area contributed by atoms with Crippen molar-refractivity contribution in [3.8, 4) is 0 Å². The van der Waals surface area contributed by atoms with E-state index < -0.39 is 109 Å². The molecule has 5 rings (SSSR count). The number of aliphatic hydroxyl groups is 1. The van der Waals surface area contributed by atoms with Crippen molar-refractivity contribution in [1.29, 1.82) is 0 Å². The Hall–Kier alpha value is -5.47. The van der Waals surface area contributed by atoms with Gasteiger partial charge in [-0.2, -0.15) is 23.5 Å². The largest absolute Gasteiger partial charge is 0.481 e. The zero-order chi connectivity index (χ0) is 54.1. The van der Waals surface area contributed by atoms with Crippen molar-refractivity contribution in [2.24, 2.45) is 5.92 Å². The standard InChI is InChI=1S/C54H77N7O11S2/c1-7-8-10-19-45(63)55-42-31-74-29-37-24-36(25-38(26-37)32(2)3)28-73-30-41(48(66)33(4)5)58-50(68)40(27-35-15-11-9-12-16-35)57-49(67)39(20-21-46(64)65)56-52(70)47(34(6)62)59-51(69)43-17-13-22-60(43)54(72)44-18-14-23-61(44)53(42)71/h9,11-12,15-16,24-26,32-34,39-44,47,62H,7-8,10,13-14,17-23,27-31H2,1-6H3,(H,55,63)(H,56,70)(H,57,67)(H,58,68)(H,59,69)(H,64,65)/t34-,39+,40+,41+,42+,43+,44+,47+/m1/s1. The fourth-order valence-electron chi connectivity index (χ4n) is 9.49. The molecular weight excluding hydrogens is 987 g/mol. The van der Waals surface area contributed by atoms with Gasteiger partial charge in [0, 0.05) is 61.3 Å². The van der Waals surface area contributed by atoms with E-state index in [4.69, 9.17) is 0 Å². The lowest BCUT2D eigenvalue weighted by Crippen LogP contribution is -2.61. The molecule has 2 aromatic carbocycles. The van der Waals surface area contributed by atoms with Crippen LogP contribution in [0.15, 0.2) is 48.5 Å². The molecule has 406 valence electrons. The Morgan fingerprint density at radius 3 is 1.93 bits per heavy atom. The molecule has 2 fully saturated rings. The minimum atomic E-state index is -1.67. The van der Waals surface area contributed by atoms with E-state index in [9.17, 15) is 53.4 Å². The van der Waals surface area contributed by atoms with Crippen LogP contribution >= 0.6 is 23.5 Å². The van der Waals surface area contributed by atoms with E-state index in [0.29, 0.717) is 42.8 Å². The van der Waals surface area contributed by atoms with Crippen molar-refractivity contribution in [3.63, 3.8) is 0 Å². The lowest BCUT2D eigenvalue weighted by Gasteiger charge is -2.33. The molecule has 7 N–H and O–H groups in total. The number of carbonyl (C=O) groups excluding carboxylic acids is 8. The average molecular weight is 1060 g/mol. The van der Waals surface area contributed by atoms with Crippen LogP contribution in [-0.4, -0.2) is 146 Å². The van der Waals surface area contributed by atoms with Crippen molar-refractivity contribution >= 4 is 76.6 Å². The SMILES string of the molecule is CCCCCC(=O)N[C@H]1CSCc2cc(cc(C(C)C)c2)CSC[C@@H](C(=O)C(C)C)NC(=O)[C@H](Cc2ccccc2)NC(=O)[C@H](CCC(=O)O)NC(=O)[C@H]([C@@H](C)O)NC(=O)[C@@H]2CCCN2C(=O)[C@@H]2CCCN2C1=O. The first-order valence-corrected chi connectivity index (χ1v) is 28.5. The Bertz CT molecular complexity index is 2300. The quantitative estimate of drug-likeness (QED) is 0.132. The topological polar surface area (TPSA) is 261 Å². The first-order valence-electron chi connectivity index (χ1n) is 26.1. The van der Waals surface area contributed by atoms with Crippen LogP contribution in [0.3, 0.4) is 0 Å². The van der Waals surface area contributed by atoms with Gasteiger partial charge in [0.15, 0.2) is 5.78 Å². The van der Waals surface area contributed by atoms with Crippen LogP contribution in [0.1, 0.15) is 134 Å². The van der Waals surface area contributed by atoms with Gasteiger partial charge in [0.2, 0.25) is 41.4 Å². The summed E-state index contributed by atoms with van der Waals surface area (Å²) >= 11 is 2.94. The van der Waals surface area contributed by atoms with Crippen LogP contribution in [-0.2, 0) is 61.1 Å². The molecule has 2 aromatic rings. The summed E-state index contributed by atoms with van der Waals surface area (Å²) in [7, 11) is 0. The molecule has 3 heterocycles.